The number of benzene rings is 1. The Balaban J connectivity index is 2.48. The van der Waals surface area contributed by atoms with Crippen molar-refractivity contribution >= 4 is 51.3 Å². The number of carbonyl (C=O) groups excluding carboxylic acids is 3. The fourth-order valence-electron chi connectivity index (χ4n) is 1.66. The van der Waals surface area contributed by atoms with Gasteiger partial charge in [0.15, 0.2) is 6.61 Å². The van der Waals surface area contributed by atoms with Crippen LogP contribution in [0.25, 0.3) is 0 Å². The normalized spacial score (nSPS) is 11.4. The van der Waals surface area contributed by atoms with Crippen molar-refractivity contribution in [3.8, 4) is 0 Å². The Morgan fingerprint density at radius 1 is 1.39 bits per heavy atom. The number of esters is 1. The van der Waals surface area contributed by atoms with Crippen LogP contribution in [0.1, 0.15) is 6.42 Å². The zero-order valence-corrected chi connectivity index (χ0v) is 14.9. The van der Waals surface area contributed by atoms with E-state index >= 15 is 0 Å². The minimum atomic E-state index is -0.862. The Hall–Kier alpha value is -1.74. The summed E-state index contributed by atoms with van der Waals surface area (Å²) in [5.41, 5.74) is 5.61. The summed E-state index contributed by atoms with van der Waals surface area (Å²) in [5, 5.41) is 4.91. The van der Waals surface area contributed by atoms with Gasteiger partial charge in [0.25, 0.3) is 5.91 Å². The predicted molar refractivity (Wildman–Crippen MR) is 93.2 cm³/mol. The van der Waals surface area contributed by atoms with Gasteiger partial charge < -0.3 is 21.1 Å². The maximum absolute atomic E-state index is 11.9. The van der Waals surface area contributed by atoms with Crippen LogP contribution < -0.4 is 16.4 Å². The summed E-state index contributed by atoms with van der Waals surface area (Å²) in [7, 11) is 0. The lowest BCUT2D eigenvalue weighted by atomic mass is 10.2. The summed E-state index contributed by atoms with van der Waals surface area (Å²) in [6.45, 7) is -0.443. The molecule has 0 heterocycles. The number of anilines is 1. The van der Waals surface area contributed by atoms with Crippen molar-refractivity contribution in [2.24, 2.45) is 5.73 Å². The largest absolute Gasteiger partial charge is 0.454 e. The molecule has 0 aliphatic rings. The SMILES string of the molecule is CSCC[C@@H](NC(N)=O)C(=O)OCC(=O)Nc1cccc(Br)c1. The van der Waals surface area contributed by atoms with Crippen LogP contribution in [0.4, 0.5) is 10.5 Å². The van der Waals surface area contributed by atoms with E-state index in [1.54, 1.807) is 18.2 Å². The van der Waals surface area contributed by atoms with E-state index < -0.39 is 30.6 Å². The van der Waals surface area contributed by atoms with Gasteiger partial charge in [0, 0.05) is 10.2 Å². The number of urea groups is 1. The Morgan fingerprint density at radius 2 is 2.13 bits per heavy atom. The van der Waals surface area contributed by atoms with Gasteiger partial charge in [-0.1, -0.05) is 22.0 Å². The van der Waals surface area contributed by atoms with Crippen molar-refractivity contribution in [2.45, 2.75) is 12.5 Å². The first-order valence-corrected chi connectivity index (χ1v) is 8.88. The molecule has 0 radical (unpaired) electrons. The van der Waals surface area contributed by atoms with Gasteiger partial charge in [0.2, 0.25) is 0 Å². The molecule has 1 aromatic carbocycles. The average molecular weight is 404 g/mol. The second-order valence-electron chi connectivity index (χ2n) is 4.51. The van der Waals surface area contributed by atoms with Gasteiger partial charge in [0.05, 0.1) is 0 Å². The molecule has 0 saturated carbocycles. The molecule has 4 N–H and O–H groups in total. The summed E-state index contributed by atoms with van der Waals surface area (Å²) in [5.74, 6) is -0.522. The van der Waals surface area contributed by atoms with Crippen molar-refractivity contribution in [2.75, 3.05) is 23.9 Å². The molecular weight excluding hydrogens is 386 g/mol. The van der Waals surface area contributed by atoms with Gasteiger partial charge in [-0.05, 0) is 36.6 Å². The summed E-state index contributed by atoms with van der Waals surface area (Å²) in [4.78, 5) is 34.6. The molecule has 0 aliphatic carbocycles. The van der Waals surface area contributed by atoms with E-state index in [1.165, 1.54) is 11.8 Å². The van der Waals surface area contributed by atoms with E-state index in [9.17, 15) is 14.4 Å². The van der Waals surface area contributed by atoms with Crippen LogP contribution in [0.2, 0.25) is 0 Å². The number of halogens is 1. The molecule has 3 amide bonds. The Labute approximate surface area is 146 Å². The van der Waals surface area contributed by atoms with Crippen LogP contribution in [0.3, 0.4) is 0 Å². The van der Waals surface area contributed by atoms with E-state index in [0.29, 0.717) is 17.9 Å². The second kappa shape index (κ2) is 10.1. The molecule has 1 rings (SSSR count). The van der Waals surface area contributed by atoms with Gasteiger partial charge in [0.1, 0.15) is 6.04 Å². The average Bonchev–Trinajstić information content (AvgIpc) is 2.48. The van der Waals surface area contributed by atoms with E-state index in [-0.39, 0.29) is 0 Å². The van der Waals surface area contributed by atoms with Crippen molar-refractivity contribution in [1.29, 1.82) is 0 Å². The Morgan fingerprint density at radius 3 is 2.74 bits per heavy atom. The molecular formula is C14H18BrN3O4S. The maximum Gasteiger partial charge on any atom is 0.329 e. The summed E-state index contributed by atoms with van der Waals surface area (Å²) in [6, 6.07) is 5.34. The number of amides is 3. The van der Waals surface area contributed by atoms with Crippen LogP contribution in [0.5, 0.6) is 0 Å². The third-order valence-electron chi connectivity index (χ3n) is 2.67. The number of hydrogen-bond acceptors (Lipinski definition) is 5. The van der Waals surface area contributed by atoms with Crippen molar-refractivity contribution < 1.29 is 19.1 Å². The van der Waals surface area contributed by atoms with Gasteiger partial charge in [-0.3, -0.25) is 4.79 Å². The van der Waals surface area contributed by atoms with Crippen LogP contribution >= 0.6 is 27.7 Å². The number of nitrogens with one attached hydrogen (secondary N) is 2. The van der Waals surface area contributed by atoms with Crippen LogP contribution in [0, 0.1) is 0 Å². The molecule has 0 saturated heterocycles. The number of nitrogens with two attached hydrogens (primary N) is 1. The fourth-order valence-corrected chi connectivity index (χ4v) is 2.53. The summed E-state index contributed by atoms with van der Waals surface area (Å²) < 4.78 is 5.74. The highest BCUT2D eigenvalue weighted by atomic mass is 79.9. The minimum Gasteiger partial charge on any atom is -0.454 e. The predicted octanol–water partition coefficient (Wildman–Crippen LogP) is 1.72. The first kappa shape index (κ1) is 19.3. The lowest BCUT2D eigenvalue weighted by molar-refractivity contribution is -0.149. The highest BCUT2D eigenvalue weighted by Crippen LogP contribution is 2.15. The van der Waals surface area contributed by atoms with Crippen LogP contribution in [-0.2, 0) is 14.3 Å². The molecule has 23 heavy (non-hydrogen) atoms. The Kier molecular flexibility index (Phi) is 8.49. The number of primary amides is 1. The smallest absolute Gasteiger partial charge is 0.329 e. The lowest BCUT2D eigenvalue weighted by Gasteiger charge is -2.15. The lowest BCUT2D eigenvalue weighted by Crippen LogP contribution is -2.45. The molecule has 126 valence electrons. The highest BCUT2D eigenvalue weighted by molar-refractivity contribution is 9.10. The number of thioether (sulfide) groups is 1. The van der Waals surface area contributed by atoms with Gasteiger partial charge in [-0.2, -0.15) is 11.8 Å². The van der Waals surface area contributed by atoms with Gasteiger partial charge in [-0.15, -0.1) is 0 Å². The number of ether oxygens (including phenoxy) is 1. The molecule has 0 unspecified atom stereocenters. The van der Waals surface area contributed by atoms with E-state index in [0.717, 1.165) is 4.47 Å². The Bertz CT molecular complexity index is 571. The first-order chi connectivity index (χ1) is 10.9. The van der Waals surface area contributed by atoms with E-state index in [2.05, 4.69) is 26.6 Å². The molecule has 0 aliphatic heterocycles. The van der Waals surface area contributed by atoms with E-state index in [1.807, 2.05) is 12.3 Å². The topological polar surface area (TPSA) is 111 Å². The maximum atomic E-state index is 11.9. The zero-order valence-electron chi connectivity index (χ0n) is 12.5. The molecule has 1 aromatic rings. The summed E-state index contributed by atoms with van der Waals surface area (Å²) in [6.07, 6.45) is 2.24. The van der Waals surface area contributed by atoms with Crippen molar-refractivity contribution in [3.63, 3.8) is 0 Å². The molecule has 0 bridgehead atoms. The third kappa shape index (κ3) is 7.89. The fraction of sp³-hybridized carbons (Fsp3) is 0.357. The molecule has 7 nitrogen and oxygen atoms in total. The first-order valence-electron chi connectivity index (χ1n) is 6.69. The molecule has 9 heteroatoms. The second-order valence-corrected chi connectivity index (χ2v) is 6.41. The number of carbonyl (C=O) groups is 3. The van der Waals surface area contributed by atoms with Crippen molar-refractivity contribution in [1.82, 2.24) is 5.32 Å². The van der Waals surface area contributed by atoms with Crippen molar-refractivity contribution in [3.05, 3.63) is 28.7 Å². The summed E-state index contributed by atoms with van der Waals surface area (Å²) >= 11 is 4.81. The quantitative estimate of drug-likeness (QED) is 0.572. The van der Waals surface area contributed by atoms with Crippen LogP contribution in [-0.4, -0.2) is 42.6 Å². The molecule has 1 atom stereocenters. The third-order valence-corrected chi connectivity index (χ3v) is 3.80. The molecule has 0 aromatic heterocycles. The standard InChI is InChI=1S/C14H18BrN3O4S/c1-23-6-5-11(18-14(16)21)13(20)22-8-12(19)17-10-4-2-3-9(15)7-10/h2-4,7,11H,5-6,8H2,1H3,(H,17,19)(H3,16,18,21)/t11-/m1/s1. The number of hydrogen-bond donors (Lipinski definition) is 3. The number of rotatable bonds is 8. The minimum absolute atomic E-state index is 0.371. The molecule has 0 fully saturated rings. The van der Waals surface area contributed by atoms with Gasteiger partial charge >= 0.3 is 12.0 Å². The molecule has 0 spiro atoms. The zero-order chi connectivity index (χ0) is 17.2. The van der Waals surface area contributed by atoms with Gasteiger partial charge in [-0.25, -0.2) is 9.59 Å². The highest BCUT2D eigenvalue weighted by Gasteiger charge is 2.21. The monoisotopic (exact) mass is 403 g/mol. The van der Waals surface area contributed by atoms with Crippen LogP contribution in [0.15, 0.2) is 28.7 Å². The van der Waals surface area contributed by atoms with E-state index in [4.69, 9.17) is 10.5 Å².